The zero-order valence-corrected chi connectivity index (χ0v) is 11.0. The quantitative estimate of drug-likeness (QED) is 0.642. The zero-order chi connectivity index (χ0) is 13.5. The molecule has 0 amide bonds. The molecule has 0 unspecified atom stereocenters. The molecule has 0 saturated heterocycles. The summed E-state index contributed by atoms with van der Waals surface area (Å²) in [6.07, 6.45) is 1.52. The molecular formula is C14H16N5+. The Morgan fingerprint density at radius 1 is 1.16 bits per heavy atom. The summed E-state index contributed by atoms with van der Waals surface area (Å²) < 4.78 is 1.89. The van der Waals surface area contributed by atoms with E-state index < -0.39 is 0 Å². The highest BCUT2D eigenvalue weighted by molar-refractivity contribution is 5.50. The summed E-state index contributed by atoms with van der Waals surface area (Å²) in [7, 11) is 1.82. The third kappa shape index (κ3) is 3.19. The molecule has 1 aromatic heterocycles. The Hall–Kier alpha value is -2.61. The molecule has 19 heavy (non-hydrogen) atoms. The van der Waals surface area contributed by atoms with Crippen molar-refractivity contribution in [1.29, 1.82) is 0 Å². The van der Waals surface area contributed by atoms with Crippen molar-refractivity contribution < 1.29 is 4.57 Å². The lowest BCUT2D eigenvalue weighted by Crippen LogP contribution is -2.40. The van der Waals surface area contributed by atoms with Crippen LogP contribution in [0.5, 0.6) is 0 Å². The molecule has 0 fully saturated rings. The van der Waals surface area contributed by atoms with E-state index in [0.717, 1.165) is 11.6 Å². The van der Waals surface area contributed by atoms with Crippen molar-refractivity contribution in [2.75, 3.05) is 17.7 Å². The fourth-order valence-corrected chi connectivity index (χ4v) is 1.64. The van der Waals surface area contributed by atoms with Gasteiger partial charge < -0.3 is 5.32 Å². The van der Waals surface area contributed by atoms with E-state index in [2.05, 4.69) is 32.4 Å². The van der Waals surface area contributed by atoms with Crippen molar-refractivity contribution in [2.24, 2.45) is 0 Å². The van der Waals surface area contributed by atoms with Gasteiger partial charge in [-0.05, 0) is 19.1 Å². The highest BCUT2D eigenvalue weighted by Gasteiger charge is 2.14. The summed E-state index contributed by atoms with van der Waals surface area (Å²) in [5.74, 6) is 7.32. The van der Waals surface area contributed by atoms with Crippen LogP contribution in [0.4, 0.5) is 17.6 Å². The van der Waals surface area contributed by atoms with Gasteiger partial charge in [-0.1, -0.05) is 24.1 Å². The molecule has 0 aliphatic carbocycles. The van der Waals surface area contributed by atoms with Gasteiger partial charge in [0.2, 0.25) is 6.33 Å². The number of benzene rings is 1. The lowest BCUT2D eigenvalue weighted by molar-refractivity contribution is -0.661. The van der Waals surface area contributed by atoms with Crippen LogP contribution in [0.3, 0.4) is 0 Å². The first-order chi connectivity index (χ1) is 9.35. The Morgan fingerprint density at radius 2 is 1.89 bits per heavy atom. The summed E-state index contributed by atoms with van der Waals surface area (Å²) in [6.45, 7) is 2.34. The number of hydrogen-bond acceptors (Lipinski definition) is 4. The third-order valence-electron chi connectivity index (χ3n) is 2.54. The molecule has 5 nitrogen and oxygen atoms in total. The van der Waals surface area contributed by atoms with Crippen LogP contribution >= 0.6 is 0 Å². The molecule has 0 atom stereocenters. The number of nitrogens with zero attached hydrogens (tertiary/aromatic N) is 3. The number of aromatic nitrogens is 3. The standard InChI is InChI=1S/C14H15N5/c1-3-4-10-19-13(15-2)16-11-17-14(19)18-12-8-6-5-7-9-12/h5-9,11H,10H2,1-2H3,(H,15,16,17,18)/p+1. The van der Waals surface area contributed by atoms with Gasteiger partial charge in [-0.15, -0.1) is 15.9 Å². The minimum atomic E-state index is 0.530. The van der Waals surface area contributed by atoms with Crippen molar-refractivity contribution in [3.8, 4) is 11.8 Å². The summed E-state index contributed by atoms with van der Waals surface area (Å²) in [5.41, 5.74) is 0.974. The topological polar surface area (TPSA) is 53.7 Å². The maximum atomic E-state index is 4.27. The summed E-state index contributed by atoms with van der Waals surface area (Å²) in [5, 5.41) is 6.29. The van der Waals surface area contributed by atoms with Gasteiger partial charge in [-0.3, -0.25) is 5.32 Å². The Balaban J connectivity index is 2.35. The second-order valence-electron chi connectivity index (χ2n) is 3.77. The first kappa shape index (κ1) is 12.8. The molecular weight excluding hydrogens is 238 g/mol. The van der Waals surface area contributed by atoms with Crippen LogP contribution < -0.4 is 15.2 Å². The molecule has 0 radical (unpaired) electrons. The normalized spacial score (nSPS) is 9.37. The first-order valence-electron chi connectivity index (χ1n) is 5.99. The Kier molecular flexibility index (Phi) is 4.29. The van der Waals surface area contributed by atoms with E-state index >= 15 is 0 Å². The van der Waals surface area contributed by atoms with Crippen LogP contribution in [0.15, 0.2) is 36.7 Å². The van der Waals surface area contributed by atoms with E-state index in [0.29, 0.717) is 12.5 Å². The first-order valence-corrected chi connectivity index (χ1v) is 5.99. The molecule has 2 N–H and O–H groups in total. The van der Waals surface area contributed by atoms with Crippen molar-refractivity contribution >= 4 is 17.6 Å². The van der Waals surface area contributed by atoms with E-state index in [1.54, 1.807) is 0 Å². The zero-order valence-electron chi connectivity index (χ0n) is 11.0. The fraction of sp³-hybridized carbons (Fsp3) is 0.214. The van der Waals surface area contributed by atoms with Crippen molar-refractivity contribution in [1.82, 2.24) is 9.97 Å². The van der Waals surface area contributed by atoms with Gasteiger partial charge in [0.05, 0.1) is 5.69 Å². The minimum Gasteiger partial charge on any atom is -0.309 e. The predicted octanol–water partition coefficient (Wildman–Crippen LogP) is 1.57. The molecule has 0 saturated carbocycles. The van der Waals surface area contributed by atoms with E-state index in [-0.39, 0.29) is 0 Å². The van der Waals surface area contributed by atoms with E-state index in [1.807, 2.05) is 48.9 Å². The van der Waals surface area contributed by atoms with Crippen LogP contribution in [0.2, 0.25) is 0 Å². The van der Waals surface area contributed by atoms with Crippen LogP contribution in [0.25, 0.3) is 0 Å². The molecule has 0 aliphatic heterocycles. The van der Waals surface area contributed by atoms with E-state index in [9.17, 15) is 0 Å². The largest absolute Gasteiger partial charge is 0.328 e. The summed E-state index contributed by atoms with van der Waals surface area (Å²) in [6, 6.07) is 9.88. The molecule has 1 aromatic carbocycles. The van der Waals surface area contributed by atoms with Gasteiger partial charge in [0.15, 0.2) is 0 Å². The molecule has 96 valence electrons. The number of nitrogens with one attached hydrogen (secondary N) is 2. The third-order valence-corrected chi connectivity index (χ3v) is 2.54. The minimum absolute atomic E-state index is 0.530. The van der Waals surface area contributed by atoms with Crippen molar-refractivity contribution in [3.05, 3.63) is 36.7 Å². The molecule has 2 aromatic rings. The monoisotopic (exact) mass is 254 g/mol. The van der Waals surface area contributed by atoms with Gasteiger partial charge in [0.1, 0.15) is 6.54 Å². The van der Waals surface area contributed by atoms with Gasteiger partial charge in [0.25, 0.3) is 0 Å². The average Bonchev–Trinajstić information content (AvgIpc) is 2.46. The Morgan fingerprint density at radius 3 is 2.58 bits per heavy atom. The molecule has 0 aliphatic rings. The van der Waals surface area contributed by atoms with Crippen LogP contribution in [0.1, 0.15) is 6.92 Å². The molecule has 2 rings (SSSR count). The van der Waals surface area contributed by atoms with Crippen molar-refractivity contribution in [2.45, 2.75) is 13.5 Å². The maximum absolute atomic E-state index is 4.27. The second kappa shape index (κ2) is 6.36. The van der Waals surface area contributed by atoms with Gasteiger partial charge in [-0.25, -0.2) is 4.57 Å². The summed E-state index contributed by atoms with van der Waals surface area (Å²) >= 11 is 0. The Bertz CT molecular complexity index is 598. The highest BCUT2D eigenvalue weighted by atomic mass is 15.3. The van der Waals surface area contributed by atoms with E-state index in [1.165, 1.54) is 6.33 Å². The Labute approximate surface area is 112 Å². The van der Waals surface area contributed by atoms with Crippen molar-refractivity contribution in [3.63, 3.8) is 0 Å². The smallest absolute Gasteiger partial charge is 0.309 e. The predicted molar refractivity (Wildman–Crippen MR) is 74.9 cm³/mol. The van der Waals surface area contributed by atoms with Crippen LogP contribution in [0, 0.1) is 11.8 Å². The number of hydrogen-bond donors (Lipinski definition) is 2. The van der Waals surface area contributed by atoms with Crippen LogP contribution in [-0.4, -0.2) is 17.0 Å². The molecule has 0 spiro atoms. The van der Waals surface area contributed by atoms with Gasteiger partial charge in [-0.2, -0.15) is 0 Å². The van der Waals surface area contributed by atoms with Gasteiger partial charge >= 0.3 is 11.9 Å². The number of para-hydroxylation sites is 1. The lowest BCUT2D eigenvalue weighted by Gasteiger charge is -2.08. The molecule has 5 heteroatoms. The molecule has 1 heterocycles. The second-order valence-corrected chi connectivity index (χ2v) is 3.77. The lowest BCUT2D eigenvalue weighted by atomic mass is 10.3. The number of anilines is 3. The fourth-order valence-electron chi connectivity index (χ4n) is 1.64. The number of rotatable bonds is 4. The maximum Gasteiger partial charge on any atom is 0.328 e. The molecule has 0 bridgehead atoms. The SMILES string of the molecule is CC#CC[n+]1c(NC)ncnc1Nc1ccccc1. The summed E-state index contributed by atoms with van der Waals surface area (Å²) in [4.78, 5) is 8.45. The highest BCUT2D eigenvalue weighted by Crippen LogP contribution is 2.10. The van der Waals surface area contributed by atoms with Gasteiger partial charge in [0, 0.05) is 7.05 Å². The van der Waals surface area contributed by atoms with Crippen LogP contribution in [-0.2, 0) is 6.54 Å². The van der Waals surface area contributed by atoms with E-state index in [4.69, 9.17) is 0 Å². The average molecular weight is 254 g/mol.